The zero-order chi connectivity index (χ0) is 18.7. The van der Waals surface area contributed by atoms with Gasteiger partial charge in [-0.1, -0.05) is 6.08 Å². The third kappa shape index (κ3) is 5.37. The van der Waals surface area contributed by atoms with Gasteiger partial charge in [0, 0.05) is 24.8 Å². The molecule has 1 aromatic carbocycles. The lowest BCUT2D eigenvalue weighted by Crippen LogP contribution is -2.48. The predicted octanol–water partition coefficient (Wildman–Crippen LogP) is 2.82. The molecule has 1 saturated heterocycles. The Balaban J connectivity index is 1.42. The molecule has 142 valence electrons. The molecule has 1 aliphatic carbocycles. The molecule has 0 aromatic heterocycles. The zero-order valence-electron chi connectivity index (χ0n) is 13.9. The molecule has 6 nitrogen and oxygen atoms in total. The van der Waals surface area contributed by atoms with Gasteiger partial charge in [0.1, 0.15) is 12.0 Å². The fraction of sp³-hybridized carbons (Fsp3) is 0.471. The van der Waals surface area contributed by atoms with Crippen molar-refractivity contribution < 1.29 is 27.8 Å². The highest BCUT2D eigenvalue weighted by atomic mass is 19.4. The molecule has 9 heteroatoms. The number of hydrogen-bond acceptors (Lipinski definition) is 4. The van der Waals surface area contributed by atoms with Crippen LogP contribution in [0.1, 0.15) is 19.3 Å². The fourth-order valence-corrected chi connectivity index (χ4v) is 2.89. The van der Waals surface area contributed by atoms with Crippen LogP contribution in [0.2, 0.25) is 0 Å². The van der Waals surface area contributed by atoms with E-state index < -0.39 is 18.6 Å². The number of benzene rings is 1. The third-order valence-electron chi connectivity index (χ3n) is 4.33. The zero-order valence-corrected chi connectivity index (χ0v) is 13.9. The van der Waals surface area contributed by atoms with Crippen LogP contribution in [0.4, 0.5) is 23.7 Å². The summed E-state index contributed by atoms with van der Waals surface area (Å²) in [5.74, 6) is -0.347. The molecule has 0 spiro atoms. The van der Waals surface area contributed by atoms with Gasteiger partial charge in [-0.3, -0.25) is 4.90 Å². The van der Waals surface area contributed by atoms with Crippen molar-refractivity contribution in [3.8, 4) is 5.75 Å². The summed E-state index contributed by atoms with van der Waals surface area (Å²) in [6.45, 7) is 1.37. The number of urea groups is 1. The summed E-state index contributed by atoms with van der Waals surface area (Å²) in [4.78, 5) is 14.0. The Hall–Kier alpha value is -2.26. The summed E-state index contributed by atoms with van der Waals surface area (Å²) in [5, 5.41) is 15.5. The molecule has 2 amide bonds. The second-order valence-electron chi connectivity index (χ2n) is 6.34. The minimum Gasteiger partial charge on any atom is -0.406 e. The molecule has 0 radical (unpaired) electrons. The van der Waals surface area contributed by atoms with E-state index in [0.717, 1.165) is 37.0 Å². The van der Waals surface area contributed by atoms with Crippen LogP contribution in [-0.4, -0.2) is 47.8 Å². The van der Waals surface area contributed by atoms with Gasteiger partial charge in [0.2, 0.25) is 0 Å². The van der Waals surface area contributed by atoms with Crippen molar-refractivity contribution in [2.45, 2.75) is 37.9 Å². The first-order valence-corrected chi connectivity index (χ1v) is 8.34. The molecule has 1 fully saturated rings. The third-order valence-corrected chi connectivity index (χ3v) is 4.33. The number of halogens is 3. The second-order valence-corrected chi connectivity index (χ2v) is 6.34. The summed E-state index contributed by atoms with van der Waals surface area (Å²) in [6.07, 6.45) is -0.957. The first kappa shape index (κ1) is 18.5. The van der Waals surface area contributed by atoms with E-state index in [4.69, 9.17) is 0 Å². The van der Waals surface area contributed by atoms with Gasteiger partial charge in [-0.2, -0.15) is 0 Å². The van der Waals surface area contributed by atoms with E-state index in [9.17, 15) is 23.1 Å². The first-order valence-electron chi connectivity index (χ1n) is 8.34. The normalized spacial score (nSPS) is 19.5. The minimum atomic E-state index is -4.75. The lowest BCUT2D eigenvalue weighted by atomic mass is 10.0. The second kappa shape index (κ2) is 7.55. The number of piperidine rings is 1. The van der Waals surface area contributed by atoms with Crippen LogP contribution in [0.5, 0.6) is 5.75 Å². The van der Waals surface area contributed by atoms with Gasteiger partial charge in [0.25, 0.3) is 0 Å². The highest BCUT2D eigenvalue weighted by Crippen LogP contribution is 2.27. The number of anilines is 1. The number of carbonyl (C=O) groups excluding carboxylic acids is 1. The van der Waals surface area contributed by atoms with Crippen molar-refractivity contribution in [3.05, 3.63) is 35.9 Å². The number of nitrogens with one attached hydrogen (secondary N) is 2. The summed E-state index contributed by atoms with van der Waals surface area (Å²) in [5.41, 5.74) is 1.41. The number of allylic oxidation sites excluding steroid dienone is 1. The van der Waals surface area contributed by atoms with Crippen LogP contribution >= 0.6 is 0 Å². The molecule has 1 aromatic rings. The monoisotopic (exact) mass is 371 g/mol. The van der Waals surface area contributed by atoms with E-state index in [1.165, 1.54) is 12.1 Å². The SMILES string of the molecule is O=C(Nc1ccc(OC(F)(F)F)cc1)NC1CCN(C(O)C2=CC2)CC1. The number of ether oxygens (including phenoxy) is 1. The molecule has 1 atom stereocenters. The Labute approximate surface area is 148 Å². The number of rotatable bonds is 5. The maximum absolute atomic E-state index is 12.1. The summed E-state index contributed by atoms with van der Waals surface area (Å²) < 4.78 is 40.1. The number of aliphatic hydroxyl groups excluding tert-OH is 1. The number of aliphatic hydroxyl groups is 1. The molecule has 3 rings (SSSR count). The number of amides is 2. The van der Waals surface area contributed by atoms with Crippen molar-refractivity contribution in [3.63, 3.8) is 0 Å². The Bertz CT molecular complexity index is 668. The van der Waals surface area contributed by atoms with Crippen molar-refractivity contribution in [2.24, 2.45) is 0 Å². The maximum Gasteiger partial charge on any atom is 0.573 e. The van der Waals surface area contributed by atoms with Gasteiger partial charge >= 0.3 is 12.4 Å². The van der Waals surface area contributed by atoms with E-state index in [-0.39, 0.29) is 11.8 Å². The molecule has 1 heterocycles. The van der Waals surface area contributed by atoms with Gasteiger partial charge < -0.3 is 20.5 Å². The van der Waals surface area contributed by atoms with Crippen LogP contribution in [0.15, 0.2) is 35.9 Å². The minimum absolute atomic E-state index is 0.0144. The van der Waals surface area contributed by atoms with Crippen molar-refractivity contribution in [1.29, 1.82) is 0 Å². The smallest absolute Gasteiger partial charge is 0.406 e. The predicted molar refractivity (Wildman–Crippen MR) is 88.6 cm³/mol. The lowest BCUT2D eigenvalue weighted by Gasteiger charge is -2.34. The number of alkyl halides is 3. The highest BCUT2D eigenvalue weighted by Gasteiger charge is 2.31. The average Bonchev–Trinajstić information content (AvgIpc) is 3.40. The van der Waals surface area contributed by atoms with Crippen molar-refractivity contribution >= 4 is 11.7 Å². The molecule has 2 aliphatic rings. The molecule has 1 unspecified atom stereocenters. The Kier molecular flexibility index (Phi) is 5.38. The van der Waals surface area contributed by atoms with Crippen molar-refractivity contribution in [2.75, 3.05) is 18.4 Å². The summed E-state index contributed by atoms with van der Waals surface area (Å²) >= 11 is 0. The molecule has 1 aliphatic heterocycles. The maximum atomic E-state index is 12.1. The number of likely N-dealkylation sites (tertiary alicyclic amines) is 1. The standard InChI is InChI=1S/C17H20F3N3O3/c18-17(19,20)26-14-5-3-12(4-6-14)21-16(25)22-13-7-9-23(10-8-13)15(24)11-1-2-11/h1,3-6,13,15,24H,2,7-10H2,(H2,21,22,25). The summed E-state index contributed by atoms with van der Waals surface area (Å²) in [7, 11) is 0. The molecule has 0 bridgehead atoms. The van der Waals surface area contributed by atoms with Gasteiger partial charge in [-0.05, 0) is 49.1 Å². The Morgan fingerprint density at radius 3 is 2.38 bits per heavy atom. The van der Waals surface area contributed by atoms with Gasteiger partial charge in [-0.25, -0.2) is 4.79 Å². The number of carbonyl (C=O) groups is 1. The van der Waals surface area contributed by atoms with E-state index in [1.54, 1.807) is 0 Å². The molecule has 0 saturated carbocycles. The Morgan fingerprint density at radius 1 is 1.23 bits per heavy atom. The van der Waals surface area contributed by atoms with Gasteiger partial charge in [0.15, 0.2) is 0 Å². The number of nitrogens with zero attached hydrogens (tertiary/aromatic N) is 1. The average molecular weight is 371 g/mol. The van der Waals surface area contributed by atoms with Gasteiger partial charge in [-0.15, -0.1) is 13.2 Å². The lowest BCUT2D eigenvalue weighted by molar-refractivity contribution is -0.274. The molecular formula is C17H20F3N3O3. The van der Waals surface area contributed by atoms with Crippen LogP contribution in [0, 0.1) is 0 Å². The topological polar surface area (TPSA) is 73.8 Å². The molecule has 26 heavy (non-hydrogen) atoms. The van der Waals surface area contributed by atoms with Crippen LogP contribution in [0.3, 0.4) is 0 Å². The fourth-order valence-electron chi connectivity index (χ4n) is 2.89. The van der Waals surface area contributed by atoms with Gasteiger partial charge in [0.05, 0.1) is 0 Å². The number of hydrogen-bond donors (Lipinski definition) is 3. The summed E-state index contributed by atoms with van der Waals surface area (Å²) in [6, 6.07) is 4.51. The first-order chi connectivity index (χ1) is 12.3. The largest absolute Gasteiger partial charge is 0.573 e. The molecular weight excluding hydrogens is 351 g/mol. The highest BCUT2D eigenvalue weighted by molar-refractivity contribution is 5.89. The molecule has 3 N–H and O–H groups in total. The van der Waals surface area contributed by atoms with E-state index in [1.807, 2.05) is 11.0 Å². The van der Waals surface area contributed by atoms with Crippen molar-refractivity contribution in [1.82, 2.24) is 10.2 Å². The van der Waals surface area contributed by atoms with E-state index in [0.29, 0.717) is 18.8 Å². The van der Waals surface area contributed by atoms with Crippen LogP contribution < -0.4 is 15.4 Å². The van der Waals surface area contributed by atoms with Crippen LogP contribution in [-0.2, 0) is 0 Å². The van der Waals surface area contributed by atoms with Crippen LogP contribution in [0.25, 0.3) is 0 Å². The Morgan fingerprint density at radius 2 is 1.85 bits per heavy atom. The van der Waals surface area contributed by atoms with E-state index >= 15 is 0 Å². The quantitative estimate of drug-likeness (QED) is 0.696. The van der Waals surface area contributed by atoms with E-state index in [2.05, 4.69) is 15.4 Å².